The first-order valence-corrected chi connectivity index (χ1v) is 5.59. The molecule has 1 heterocycles. The van der Waals surface area contributed by atoms with Crippen LogP contribution in [0.5, 0.6) is 0 Å². The van der Waals surface area contributed by atoms with Gasteiger partial charge in [0.25, 0.3) is 0 Å². The van der Waals surface area contributed by atoms with Gasteiger partial charge in [-0.15, -0.1) is 6.58 Å². The van der Waals surface area contributed by atoms with E-state index in [1.54, 1.807) is 6.20 Å². The van der Waals surface area contributed by atoms with E-state index >= 15 is 0 Å². The fourth-order valence-electron chi connectivity index (χ4n) is 1.61. The molecule has 1 N–H and O–H groups in total. The summed E-state index contributed by atoms with van der Waals surface area (Å²) in [5.41, 5.74) is -0.180. The lowest BCUT2D eigenvalue weighted by Crippen LogP contribution is -2.30. The van der Waals surface area contributed by atoms with Gasteiger partial charge in [-0.1, -0.05) is 6.08 Å². The summed E-state index contributed by atoms with van der Waals surface area (Å²) in [7, 11) is 0. The van der Waals surface area contributed by atoms with E-state index in [0.717, 1.165) is 19.1 Å². The molecule has 0 spiro atoms. The SMILES string of the molecule is C=CCNc1nccn1CC(C)(C)OCC. The first-order valence-electron chi connectivity index (χ1n) is 5.59. The molecule has 4 heteroatoms. The molecule has 0 aromatic carbocycles. The number of rotatable bonds is 7. The minimum absolute atomic E-state index is 0.180. The van der Waals surface area contributed by atoms with Crippen LogP contribution in [0.25, 0.3) is 0 Å². The van der Waals surface area contributed by atoms with E-state index in [1.165, 1.54) is 0 Å². The van der Waals surface area contributed by atoms with E-state index in [2.05, 4.69) is 35.3 Å². The zero-order valence-corrected chi connectivity index (χ0v) is 10.4. The van der Waals surface area contributed by atoms with Gasteiger partial charge in [-0.25, -0.2) is 4.98 Å². The molecule has 0 saturated carbocycles. The van der Waals surface area contributed by atoms with E-state index in [-0.39, 0.29) is 5.60 Å². The normalized spacial score (nSPS) is 11.4. The molecule has 0 saturated heterocycles. The van der Waals surface area contributed by atoms with Crippen molar-refractivity contribution in [3.05, 3.63) is 25.0 Å². The Hall–Kier alpha value is -1.29. The van der Waals surface area contributed by atoms with Crippen molar-refractivity contribution in [1.29, 1.82) is 0 Å². The van der Waals surface area contributed by atoms with E-state index in [9.17, 15) is 0 Å². The van der Waals surface area contributed by atoms with Crippen LogP contribution in [0, 0.1) is 0 Å². The molecular weight excluding hydrogens is 202 g/mol. The number of hydrogen-bond acceptors (Lipinski definition) is 3. The molecule has 0 radical (unpaired) electrons. The lowest BCUT2D eigenvalue weighted by molar-refractivity contribution is -0.0220. The average Bonchev–Trinajstić information content (AvgIpc) is 2.61. The third-order valence-electron chi connectivity index (χ3n) is 2.21. The number of anilines is 1. The van der Waals surface area contributed by atoms with Gasteiger partial charge in [-0.05, 0) is 20.8 Å². The molecule has 0 fully saturated rings. The van der Waals surface area contributed by atoms with Crippen LogP contribution in [0.1, 0.15) is 20.8 Å². The predicted molar refractivity (Wildman–Crippen MR) is 66.6 cm³/mol. The van der Waals surface area contributed by atoms with Crippen molar-refractivity contribution in [2.45, 2.75) is 32.9 Å². The zero-order valence-electron chi connectivity index (χ0n) is 10.4. The molecule has 0 amide bonds. The van der Waals surface area contributed by atoms with Crippen LogP contribution in [0.15, 0.2) is 25.0 Å². The van der Waals surface area contributed by atoms with Gasteiger partial charge in [0.15, 0.2) is 0 Å². The highest BCUT2D eigenvalue weighted by atomic mass is 16.5. The molecule has 1 aromatic rings. The molecule has 0 atom stereocenters. The Balaban J connectivity index is 2.65. The lowest BCUT2D eigenvalue weighted by atomic mass is 10.1. The first-order chi connectivity index (χ1) is 7.59. The Morgan fingerprint density at radius 2 is 2.38 bits per heavy atom. The van der Waals surface area contributed by atoms with Crippen molar-refractivity contribution in [2.75, 3.05) is 18.5 Å². The summed E-state index contributed by atoms with van der Waals surface area (Å²) in [6.45, 7) is 12.0. The molecule has 0 aliphatic heterocycles. The topological polar surface area (TPSA) is 39.1 Å². The summed E-state index contributed by atoms with van der Waals surface area (Å²) >= 11 is 0. The van der Waals surface area contributed by atoms with Crippen molar-refractivity contribution < 1.29 is 4.74 Å². The molecule has 4 nitrogen and oxygen atoms in total. The van der Waals surface area contributed by atoms with Gasteiger partial charge in [0.1, 0.15) is 0 Å². The van der Waals surface area contributed by atoms with Crippen LogP contribution >= 0.6 is 0 Å². The molecule has 0 aliphatic carbocycles. The fraction of sp³-hybridized carbons (Fsp3) is 0.583. The Kier molecular flexibility index (Phi) is 4.55. The number of imidazole rings is 1. The largest absolute Gasteiger partial charge is 0.374 e. The molecular formula is C12H21N3O. The van der Waals surface area contributed by atoms with Gasteiger partial charge in [-0.3, -0.25) is 0 Å². The van der Waals surface area contributed by atoms with E-state index < -0.39 is 0 Å². The lowest BCUT2D eigenvalue weighted by Gasteiger charge is -2.25. The third-order valence-corrected chi connectivity index (χ3v) is 2.21. The summed E-state index contributed by atoms with van der Waals surface area (Å²) in [5.74, 6) is 0.854. The van der Waals surface area contributed by atoms with Crippen molar-refractivity contribution >= 4 is 5.95 Å². The maximum absolute atomic E-state index is 5.67. The quantitative estimate of drug-likeness (QED) is 0.721. The van der Waals surface area contributed by atoms with Gasteiger partial charge in [0.2, 0.25) is 5.95 Å². The minimum Gasteiger partial charge on any atom is -0.374 e. The highest BCUT2D eigenvalue weighted by Crippen LogP contribution is 2.15. The van der Waals surface area contributed by atoms with Crippen LogP contribution in [-0.2, 0) is 11.3 Å². The van der Waals surface area contributed by atoms with Gasteiger partial charge in [0, 0.05) is 25.5 Å². The number of nitrogens with zero attached hydrogens (tertiary/aromatic N) is 2. The predicted octanol–water partition coefficient (Wildman–Crippen LogP) is 2.30. The summed E-state index contributed by atoms with van der Waals surface area (Å²) in [5, 5.41) is 3.19. The van der Waals surface area contributed by atoms with Crippen molar-refractivity contribution in [3.8, 4) is 0 Å². The Morgan fingerprint density at radius 3 is 3.00 bits per heavy atom. The van der Waals surface area contributed by atoms with Crippen molar-refractivity contribution in [2.24, 2.45) is 0 Å². The number of nitrogens with one attached hydrogen (secondary N) is 1. The maximum atomic E-state index is 5.67. The third kappa shape index (κ3) is 3.70. The Morgan fingerprint density at radius 1 is 1.62 bits per heavy atom. The first kappa shape index (κ1) is 12.8. The Labute approximate surface area is 97.3 Å². The van der Waals surface area contributed by atoms with E-state index in [1.807, 2.05) is 19.2 Å². The van der Waals surface area contributed by atoms with E-state index in [0.29, 0.717) is 6.54 Å². The van der Waals surface area contributed by atoms with Gasteiger partial charge >= 0.3 is 0 Å². The summed E-state index contributed by atoms with van der Waals surface area (Å²) in [4.78, 5) is 4.25. The van der Waals surface area contributed by atoms with Crippen LogP contribution in [-0.4, -0.2) is 28.3 Å². The highest BCUT2D eigenvalue weighted by molar-refractivity contribution is 5.26. The number of ether oxygens (including phenoxy) is 1. The second-order valence-electron chi connectivity index (χ2n) is 4.24. The summed E-state index contributed by atoms with van der Waals surface area (Å²) in [6.07, 6.45) is 5.55. The smallest absolute Gasteiger partial charge is 0.203 e. The molecule has 1 rings (SSSR count). The van der Waals surface area contributed by atoms with E-state index in [4.69, 9.17) is 4.74 Å². The number of hydrogen-bond donors (Lipinski definition) is 1. The van der Waals surface area contributed by atoms with Crippen LogP contribution < -0.4 is 5.32 Å². The molecule has 0 aliphatic rings. The van der Waals surface area contributed by atoms with Gasteiger partial charge in [0.05, 0.1) is 12.1 Å². The second kappa shape index (κ2) is 5.70. The molecule has 0 bridgehead atoms. The monoisotopic (exact) mass is 223 g/mol. The molecule has 16 heavy (non-hydrogen) atoms. The molecule has 0 unspecified atom stereocenters. The average molecular weight is 223 g/mol. The standard InChI is InChI=1S/C12H21N3O/c1-5-7-13-11-14-8-9-15(11)10-12(3,4)16-6-2/h5,8-9H,1,6-7,10H2,2-4H3,(H,13,14). The zero-order chi connectivity index (χ0) is 12.0. The van der Waals surface area contributed by atoms with Crippen molar-refractivity contribution in [1.82, 2.24) is 9.55 Å². The minimum atomic E-state index is -0.180. The maximum Gasteiger partial charge on any atom is 0.203 e. The number of aromatic nitrogens is 2. The van der Waals surface area contributed by atoms with Gasteiger partial charge < -0.3 is 14.6 Å². The fourth-order valence-corrected chi connectivity index (χ4v) is 1.61. The second-order valence-corrected chi connectivity index (χ2v) is 4.24. The summed E-state index contributed by atoms with van der Waals surface area (Å²) < 4.78 is 7.72. The van der Waals surface area contributed by atoms with Crippen LogP contribution in [0.2, 0.25) is 0 Å². The van der Waals surface area contributed by atoms with Gasteiger partial charge in [-0.2, -0.15) is 0 Å². The van der Waals surface area contributed by atoms with Crippen LogP contribution in [0.4, 0.5) is 5.95 Å². The van der Waals surface area contributed by atoms with Crippen LogP contribution in [0.3, 0.4) is 0 Å². The molecule has 1 aromatic heterocycles. The van der Waals surface area contributed by atoms with Crippen molar-refractivity contribution in [3.63, 3.8) is 0 Å². The Bertz CT molecular complexity index is 331. The molecule has 90 valence electrons. The highest BCUT2D eigenvalue weighted by Gasteiger charge is 2.19. The summed E-state index contributed by atoms with van der Waals surface area (Å²) in [6, 6.07) is 0.